The highest BCUT2D eigenvalue weighted by atomic mass is 16.6. The van der Waals surface area contributed by atoms with Crippen LogP contribution in [-0.2, 0) is 0 Å². The van der Waals surface area contributed by atoms with Crippen LogP contribution in [0.2, 0.25) is 0 Å². The van der Waals surface area contributed by atoms with E-state index < -0.39 is 4.92 Å². The number of hydrogen-bond donors (Lipinski definition) is 4. The van der Waals surface area contributed by atoms with Crippen molar-refractivity contribution < 1.29 is 4.92 Å². The number of hydrazine groups is 1. The van der Waals surface area contributed by atoms with Crippen LogP contribution >= 0.6 is 0 Å². The number of nitrogens with one attached hydrogen (secondary N) is 3. The quantitative estimate of drug-likeness (QED) is 0.344. The van der Waals surface area contributed by atoms with Crippen LogP contribution in [0, 0.1) is 27.4 Å². The first kappa shape index (κ1) is 15.2. The number of nitrogens with zero attached hydrogens (tertiary/aromatic N) is 2. The maximum Gasteiger partial charge on any atom is 0.292 e. The molecule has 1 saturated heterocycles. The van der Waals surface area contributed by atoms with Crippen LogP contribution in [0.15, 0.2) is 24.3 Å². The molecule has 0 spiro atoms. The van der Waals surface area contributed by atoms with Gasteiger partial charge in [0.2, 0.25) is 0 Å². The minimum atomic E-state index is -0.407. The summed E-state index contributed by atoms with van der Waals surface area (Å²) < 4.78 is 0. The summed E-state index contributed by atoms with van der Waals surface area (Å²) in [5.41, 5.74) is 12.2. The maximum absolute atomic E-state index is 10.9. The van der Waals surface area contributed by atoms with Gasteiger partial charge in [-0.3, -0.25) is 15.5 Å². The summed E-state index contributed by atoms with van der Waals surface area (Å²) >= 11 is 0. The molecule has 21 heavy (non-hydrogen) atoms. The Kier molecular flexibility index (Phi) is 5.05. The van der Waals surface area contributed by atoms with Crippen molar-refractivity contribution >= 4 is 11.4 Å². The lowest BCUT2D eigenvalue weighted by Gasteiger charge is -2.14. The summed E-state index contributed by atoms with van der Waals surface area (Å²) in [6, 6.07) is 8.72. The third-order valence-corrected chi connectivity index (χ3v) is 3.51. The first-order valence-electron chi connectivity index (χ1n) is 6.77. The summed E-state index contributed by atoms with van der Waals surface area (Å²) in [6.07, 6.45) is 1.17. The van der Waals surface area contributed by atoms with Crippen molar-refractivity contribution in [3.8, 4) is 6.07 Å². The molecule has 0 bridgehead atoms. The van der Waals surface area contributed by atoms with Gasteiger partial charge in [0, 0.05) is 18.7 Å². The van der Waals surface area contributed by atoms with Crippen LogP contribution in [0.5, 0.6) is 0 Å². The lowest BCUT2D eigenvalue weighted by molar-refractivity contribution is -0.384. The fourth-order valence-corrected chi connectivity index (χ4v) is 2.38. The predicted molar refractivity (Wildman–Crippen MR) is 78.0 cm³/mol. The Morgan fingerprint density at radius 1 is 1.43 bits per heavy atom. The topological polar surface area (TPSA) is 129 Å². The monoisotopic (exact) mass is 290 g/mol. The fourth-order valence-electron chi connectivity index (χ4n) is 2.38. The Balaban J connectivity index is 1.81. The van der Waals surface area contributed by atoms with Crippen molar-refractivity contribution in [3.63, 3.8) is 0 Å². The second-order valence-corrected chi connectivity index (χ2v) is 4.92. The van der Waals surface area contributed by atoms with Crippen molar-refractivity contribution in [1.29, 1.82) is 5.26 Å². The van der Waals surface area contributed by atoms with Gasteiger partial charge in [-0.05, 0) is 18.9 Å². The van der Waals surface area contributed by atoms with Crippen LogP contribution < -0.4 is 21.9 Å². The number of nitrogens with two attached hydrogens (primary N) is 1. The highest BCUT2D eigenvalue weighted by Gasteiger charge is 2.32. The zero-order valence-electron chi connectivity index (χ0n) is 11.5. The lowest BCUT2D eigenvalue weighted by Crippen LogP contribution is -2.38. The minimum absolute atomic E-state index is 0.00226. The van der Waals surface area contributed by atoms with E-state index >= 15 is 0 Å². The third-order valence-electron chi connectivity index (χ3n) is 3.51. The standard InChI is InChI=1S/C13H18N6O2/c14-8-9-10(17-18-13(9)15)5-3-7-16-11-4-1-2-6-12(11)19(20)21/h1-2,4,6,9-10,13,16-18H,3,5,7,15H2. The molecule has 8 heteroatoms. The zero-order chi connectivity index (χ0) is 15.2. The van der Waals surface area contributed by atoms with Gasteiger partial charge < -0.3 is 11.1 Å². The van der Waals surface area contributed by atoms with Gasteiger partial charge in [0.1, 0.15) is 5.69 Å². The van der Waals surface area contributed by atoms with E-state index in [4.69, 9.17) is 11.0 Å². The molecule has 0 amide bonds. The molecule has 0 radical (unpaired) electrons. The second-order valence-electron chi connectivity index (χ2n) is 4.92. The summed E-state index contributed by atoms with van der Waals surface area (Å²) in [5, 5.41) is 23.0. The van der Waals surface area contributed by atoms with E-state index in [1.807, 2.05) is 0 Å². The Labute approximate surface area is 122 Å². The van der Waals surface area contributed by atoms with E-state index in [0.717, 1.165) is 12.8 Å². The average Bonchev–Trinajstić information content (AvgIpc) is 2.84. The average molecular weight is 290 g/mol. The molecule has 3 unspecified atom stereocenters. The first-order valence-corrected chi connectivity index (χ1v) is 6.77. The molecule has 112 valence electrons. The van der Waals surface area contributed by atoms with Gasteiger partial charge in [-0.15, -0.1) is 0 Å². The van der Waals surface area contributed by atoms with Gasteiger partial charge in [0.05, 0.1) is 23.1 Å². The number of para-hydroxylation sites is 2. The first-order chi connectivity index (χ1) is 10.1. The summed E-state index contributed by atoms with van der Waals surface area (Å²) in [6.45, 7) is 0.594. The molecule has 1 heterocycles. The molecule has 0 saturated carbocycles. The lowest BCUT2D eigenvalue weighted by atomic mass is 9.97. The number of anilines is 1. The van der Waals surface area contributed by atoms with Crippen LogP contribution in [0.4, 0.5) is 11.4 Å². The van der Waals surface area contributed by atoms with E-state index in [2.05, 4.69) is 22.2 Å². The van der Waals surface area contributed by atoms with Gasteiger partial charge in [-0.2, -0.15) is 5.26 Å². The molecule has 8 nitrogen and oxygen atoms in total. The highest BCUT2D eigenvalue weighted by Crippen LogP contribution is 2.23. The predicted octanol–water partition coefficient (Wildman–Crippen LogP) is 0.688. The van der Waals surface area contributed by atoms with E-state index in [0.29, 0.717) is 12.2 Å². The van der Waals surface area contributed by atoms with E-state index in [-0.39, 0.29) is 23.8 Å². The van der Waals surface area contributed by atoms with E-state index in [9.17, 15) is 10.1 Å². The van der Waals surface area contributed by atoms with Crippen molar-refractivity contribution in [2.45, 2.75) is 25.0 Å². The Morgan fingerprint density at radius 2 is 2.19 bits per heavy atom. The van der Waals surface area contributed by atoms with Gasteiger partial charge in [-0.25, -0.2) is 5.43 Å². The van der Waals surface area contributed by atoms with Crippen LogP contribution in [-0.4, -0.2) is 23.7 Å². The van der Waals surface area contributed by atoms with Crippen LogP contribution in [0.25, 0.3) is 0 Å². The largest absolute Gasteiger partial charge is 0.379 e. The van der Waals surface area contributed by atoms with E-state index in [1.165, 1.54) is 6.07 Å². The van der Waals surface area contributed by atoms with E-state index in [1.54, 1.807) is 18.2 Å². The van der Waals surface area contributed by atoms with Gasteiger partial charge in [0.15, 0.2) is 0 Å². The Hall–Kier alpha value is -2.21. The summed E-state index contributed by atoms with van der Waals surface area (Å²) in [7, 11) is 0. The molecule has 1 aromatic carbocycles. The minimum Gasteiger partial charge on any atom is -0.379 e. The highest BCUT2D eigenvalue weighted by molar-refractivity contribution is 5.60. The molecule has 0 aromatic heterocycles. The van der Waals surface area contributed by atoms with Gasteiger partial charge >= 0.3 is 0 Å². The van der Waals surface area contributed by atoms with Gasteiger partial charge in [-0.1, -0.05) is 12.1 Å². The van der Waals surface area contributed by atoms with Crippen molar-refractivity contribution in [3.05, 3.63) is 34.4 Å². The third kappa shape index (κ3) is 3.66. The maximum atomic E-state index is 10.9. The fraction of sp³-hybridized carbons (Fsp3) is 0.462. The molecule has 1 aliphatic rings. The Bertz CT molecular complexity index is 544. The summed E-state index contributed by atoms with van der Waals surface area (Å²) in [4.78, 5) is 10.5. The molecular weight excluding hydrogens is 272 g/mol. The smallest absolute Gasteiger partial charge is 0.292 e. The zero-order valence-corrected chi connectivity index (χ0v) is 11.5. The van der Waals surface area contributed by atoms with Crippen molar-refractivity contribution in [2.24, 2.45) is 11.7 Å². The molecule has 5 N–H and O–H groups in total. The van der Waals surface area contributed by atoms with Crippen LogP contribution in [0.1, 0.15) is 12.8 Å². The normalized spacial score (nSPS) is 24.5. The van der Waals surface area contributed by atoms with Gasteiger partial charge in [0.25, 0.3) is 5.69 Å². The number of rotatable bonds is 6. The number of nitriles is 1. The second kappa shape index (κ2) is 6.99. The number of nitro benzene ring substituents is 1. The molecule has 1 fully saturated rings. The van der Waals surface area contributed by atoms with Crippen molar-refractivity contribution in [2.75, 3.05) is 11.9 Å². The molecule has 2 rings (SSSR count). The number of nitro groups is 1. The summed E-state index contributed by atoms with van der Waals surface area (Å²) in [5.74, 6) is -0.268. The van der Waals surface area contributed by atoms with Crippen molar-refractivity contribution in [1.82, 2.24) is 10.9 Å². The molecule has 3 atom stereocenters. The molecule has 1 aliphatic heterocycles. The molecule has 0 aliphatic carbocycles. The number of hydrogen-bond acceptors (Lipinski definition) is 7. The Morgan fingerprint density at radius 3 is 2.90 bits per heavy atom. The van der Waals surface area contributed by atoms with Crippen LogP contribution in [0.3, 0.4) is 0 Å². The SMILES string of the molecule is N#CC1C(N)NNC1CCCNc1ccccc1[N+](=O)[O-]. The molecule has 1 aromatic rings. The number of benzene rings is 1. The molecular formula is C13H18N6O2.